The monoisotopic (exact) mass is 384 g/mol. The second-order valence-electron chi connectivity index (χ2n) is 6.29. The summed E-state index contributed by atoms with van der Waals surface area (Å²) < 4.78 is 15.7. The van der Waals surface area contributed by atoms with E-state index >= 15 is 0 Å². The Morgan fingerprint density at radius 3 is 2.61 bits per heavy atom. The predicted octanol–water partition coefficient (Wildman–Crippen LogP) is 1.14. The Labute approximate surface area is 161 Å². The molecule has 2 N–H and O–H groups in total. The topological polar surface area (TPSA) is 108 Å². The molecule has 1 aromatic rings. The molecule has 0 fully saturated rings. The predicted molar refractivity (Wildman–Crippen MR) is 98.6 cm³/mol. The van der Waals surface area contributed by atoms with Crippen LogP contribution in [0.3, 0.4) is 0 Å². The molecule has 0 bridgehead atoms. The Bertz CT molecular complexity index is 961. The fourth-order valence-corrected chi connectivity index (χ4v) is 3.65. The molecular weight excluding hydrogens is 364 g/mol. The van der Waals surface area contributed by atoms with E-state index in [1.807, 2.05) is 0 Å². The van der Waals surface area contributed by atoms with Crippen molar-refractivity contribution in [2.75, 3.05) is 20.8 Å². The lowest BCUT2D eigenvalue weighted by Gasteiger charge is -2.36. The van der Waals surface area contributed by atoms with Gasteiger partial charge in [-0.1, -0.05) is 30.9 Å². The zero-order chi connectivity index (χ0) is 20.6. The van der Waals surface area contributed by atoms with E-state index in [2.05, 4.69) is 6.58 Å². The van der Waals surface area contributed by atoms with Crippen molar-refractivity contribution >= 4 is 17.8 Å². The highest BCUT2D eigenvalue weighted by Gasteiger charge is 2.63. The zero-order valence-corrected chi connectivity index (χ0v) is 15.8. The van der Waals surface area contributed by atoms with Gasteiger partial charge < -0.3 is 24.8 Å². The normalized spacial score (nSPS) is 20.8. The van der Waals surface area contributed by atoms with Gasteiger partial charge in [-0.3, -0.25) is 4.79 Å². The van der Waals surface area contributed by atoms with E-state index in [0.29, 0.717) is 11.3 Å². The maximum atomic E-state index is 13.5. The van der Waals surface area contributed by atoms with Gasteiger partial charge in [0.25, 0.3) is 0 Å². The summed E-state index contributed by atoms with van der Waals surface area (Å²) >= 11 is 0. The van der Waals surface area contributed by atoms with Gasteiger partial charge in [0.05, 0.1) is 12.7 Å². The molecule has 0 aliphatic carbocycles. The number of ether oxygens (including phenoxy) is 3. The Hall–Kier alpha value is -3.55. The number of hydrogen-bond acceptors (Lipinski definition) is 7. The lowest BCUT2D eigenvalue weighted by molar-refractivity contribution is -0.142. The second kappa shape index (κ2) is 6.88. The first-order chi connectivity index (χ1) is 13.3. The van der Waals surface area contributed by atoms with Gasteiger partial charge in [0, 0.05) is 18.3 Å². The fraction of sp³-hybridized carbons (Fsp3) is 0.250. The first-order valence-corrected chi connectivity index (χ1v) is 8.45. The summed E-state index contributed by atoms with van der Waals surface area (Å²) in [4.78, 5) is 40.5. The van der Waals surface area contributed by atoms with Crippen molar-refractivity contribution in [3.63, 3.8) is 0 Å². The van der Waals surface area contributed by atoms with Crippen LogP contribution in [0.25, 0.3) is 0 Å². The molecule has 2 aliphatic rings. The van der Waals surface area contributed by atoms with Crippen LogP contribution in [0.1, 0.15) is 12.5 Å². The van der Waals surface area contributed by atoms with Gasteiger partial charge in [0.2, 0.25) is 11.8 Å². The number of carbonyl (C=O) groups excluding carboxylic acids is 3. The summed E-state index contributed by atoms with van der Waals surface area (Å²) in [6.45, 7) is 5.06. The van der Waals surface area contributed by atoms with Crippen LogP contribution in [0.5, 0.6) is 5.75 Å². The van der Waals surface area contributed by atoms with Gasteiger partial charge >= 0.3 is 11.9 Å². The molecular formula is C20H20N2O6. The van der Waals surface area contributed by atoms with Crippen LogP contribution >= 0.6 is 0 Å². The first kappa shape index (κ1) is 19.2. The number of carbonyl (C=O) groups is 3. The van der Waals surface area contributed by atoms with E-state index in [1.54, 1.807) is 31.2 Å². The highest BCUT2D eigenvalue weighted by molar-refractivity contribution is 6.17. The van der Waals surface area contributed by atoms with Crippen LogP contribution < -0.4 is 10.5 Å². The van der Waals surface area contributed by atoms with Crippen LogP contribution in [0, 0.1) is 0 Å². The van der Waals surface area contributed by atoms with Crippen LogP contribution in [-0.4, -0.2) is 43.5 Å². The standard InChI is InChI=1S/C20H20N2O6/c1-5-10-27-18(24)14-11(2)22(3)19(25)20(14)12-8-6-7-9-13(12)28-16(21)15(20)17(23)26-4/h5-9H,1,10,21H2,2-4H3. The van der Waals surface area contributed by atoms with E-state index in [-0.39, 0.29) is 29.4 Å². The third kappa shape index (κ3) is 2.41. The summed E-state index contributed by atoms with van der Waals surface area (Å²) in [5, 5.41) is 0. The van der Waals surface area contributed by atoms with Crippen molar-refractivity contribution < 1.29 is 28.6 Å². The van der Waals surface area contributed by atoms with Gasteiger partial charge in [0.15, 0.2) is 0 Å². The smallest absolute Gasteiger partial charge is 0.340 e. The van der Waals surface area contributed by atoms with Crippen molar-refractivity contribution in [3.8, 4) is 5.75 Å². The number of methoxy groups -OCH3 is 1. The number of benzene rings is 1. The van der Waals surface area contributed by atoms with Crippen LogP contribution in [0.4, 0.5) is 0 Å². The molecule has 1 atom stereocenters. The molecule has 1 spiro atoms. The summed E-state index contributed by atoms with van der Waals surface area (Å²) in [6, 6.07) is 6.58. The van der Waals surface area contributed by atoms with Crippen molar-refractivity contribution in [1.82, 2.24) is 4.90 Å². The van der Waals surface area contributed by atoms with Crippen molar-refractivity contribution in [3.05, 3.63) is 65.2 Å². The lowest BCUT2D eigenvalue weighted by Crippen LogP contribution is -2.49. The lowest BCUT2D eigenvalue weighted by atomic mass is 9.67. The molecule has 0 aromatic heterocycles. The molecule has 2 aliphatic heterocycles. The number of fused-ring (bicyclic) bond motifs is 2. The van der Waals surface area contributed by atoms with E-state index in [0.717, 1.165) is 7.11 Å². The third-order valence-corrected chi connectivity index (χ3v) is 4.92. The number of allylic oxidation sites excluding steroid dienone is 1. The minimum Gasteiger partial charge on any atom is -0.465 e. The molecule has 146 valence electrons. The van der Waals surface area contributed by atoms with Crippen molar-refractivity contribution in [2.45, 2.75) is 12.3 Å². The summed E-state index contributed by atoms with van der Waals surface area (Å²) in [6.07, 6.45) is 1.41. The van der Waals surface area contributed by atoms with Gasteiger partial charge in [-0.05, 0) is 13.0 Å². The van der Waals surface area contributed by atoms with Crippen LogP contribution in [0.15, 0.2) is 59.6 Å². The molecule has 0 saturated heterocycles. The van der Waals surface area contributed by atoms with E-state index in [4.69, 9.17) is 19.9 Å². The van der Waals surface area contributed by atoms with Crippen molar-refractivity contribution in [1.29, 1.82) is 0 Å². The Morgan fingerprint density at radius 1 is 1.29 bits per heavy atom. The summed E-state index contributed by atoms with van der Waals surface area (Å²) in [7, 11) is 2.67. The van der Waals surface area contributed by atoms with Gasteiger partial charge in [0.1, 0.15) is 23.3 Å². The number of likely N-dealkylation sites (N-methyl/N-ethyl adjacent to an activating group) is 1. The minimum absolute atomic E-state index is 0.0130. The molecule has 8 nitrogen and oxygen atoms in total. The Kier molecular flexibility index (Phi) is 4.72. The highest BCUT2D eigenvalue weighted by Crippen LogP contribution is 2.53. The van der Waals surface area contributed by atoms with Crippen LogP contribution in [0.2, 0.25) is 0 Å². The SMILES string of the molecule is C=CCOC(=O)C1=C(C)N(C)C(=O)C12C(C(=O)OC)=C(N)Oc1ccccc12. The molecule has 0 saturated carbocycles. The number of esters is 2. The fourth-order valence-electron chi connectivity index (χ4n) is 3.65. The van der Waals surface area contributed by atoms with Crippen molar-refractivity contribution in [2.24, 2.45) is 5.73 Å². The third-order valence-electron chi connectivity index (χ3n) is 4.92. The number of amides is 1. The second-order valence-corrected chi connectivity index (χ2v) is 6.29. The molecule has 0 radical (unpaired) electrons. The van der Waals surface area contributed by atoms with Gasteiger partial charge in [-0.15, -0.1) is 0 Å². The number of para-hydroxylation sites is 1. The maximum absolute atomic E-state index is 13.5. The maximum Gasteiger partial charge on any atom is 0.340 e. The largest absolute Gasteiger partial charge is 0.465 e. The van der Waals surface area contributed by atoms with E-state index in [9.17, 15) is 14.4 Å². The quantitative estimate of drug-likeness (QED) is 0.612. The number of hydrogen-bond donors (Lipinski definition) is 1. The zero-order valence-electron chi connectivity index (χ0n) is 15.8. The Morgan fingerprint density at radius 2 is 1.96 bits per heavy atom. The number of nitrogens with two attached hydrogens (primary N) is 1. The number of nitrogens with zero attached hydrogens (tertiary/aromatic N) is 1. The average molecular weight is 384 g/mol. The molecule has 1 amide bonds. The first-order valence-electron chi connectivity index (χ1n) is 8.45. The summed E-state index contributed by atoms with van der Waals surface area (Å²) in [5.74, 6) is -2.22. The molecule has 8 heteroatoms. The van der Waals surface area contributed by atoms with Gasteiger partial charge in [-0.2, -0.15) is 0 Å². The molecule has 3 rings (SSSR count). The molecule has 1 aromatic carbocycles. The molecule has 2 heterocycles. The minimum atomic E-state index is -1.83. The molecule has 28 heavy (non-hydrogen) atoms. The number of rotatable bonds is 4. The van der Waals surface area contributed by atoms with Crippen LogP contribution in [-0.2, 0) is 29.3 Å². The van der Waals surface area contributed by atoms with Gasteiger partial charge in [-0.25, -0.2) is 9.59 Å². The average Bonchev–Trinajstić information content (AvgIpc) is 2.87. The molecule has 1 unspecified atom stereocenters. The highest BCUT2D eigenvalue weighted by atomic mass is 16.5. The summed E-state index contributed by atoms with van der Waals surface area (Å²) in [5.41, 5.74) is 4.58. The Balaban J connectivity index is 2.41. The van der Waals surface area contributed by atoms with E-state index < -0.39 is 23.3 Å². The van der Waals surface area contributed by atoms with E-state index in [1.165, 1.54) is 18.0 Å².